The zero-order valence-electron chi connectivity index (χ0n) is 11.2. The predicted molar refractivity (Wildman–Crippen MR) is 69.9 cm³/mol. The molecular formula is C12H15N3O6. The molecule has 1 aliphatic rings. The van der Waals surface area contributed by atoms with E-state index in [0.29, 0.717) is 0 Å². The second-order valence-electron chi connectivity index (χ2n) is 5.01. The van der Waals surface area contributed by atoms with Crippen LogP contribution in [-0.4, -0.2) is 43.7 Å². The van der Waals surface area contributed by atoms with Gasteiger partial charge >= 0.3 is 5.97 Å². The summed E-state index contributed by atoms with van der Waals surface area (Å²) in [6.45, 7) is 1.24. The summed E-state index contributed by atoms with van der Waals surface area (Å²) in [6, 6.07) is -0.345. The van der Waals surface area contributed by atoms with Gasteiger partial charge in [0.05, 0.1) is 17.2 Å². The van der Waals surface area contributed by atoms with E-state index >= 15 is 0 Å². The first-order valence-electron chi connectivity index (χ1n) is 6.39. The number of carbonyl (C=O) groups is 2. The highest BCUT2D eigenvalue weighted by molar-refractivity contribution is 5.96. The molecule has 0 aromatic carbocycles. The Morgan fingerprint density at radius 3 is 2.57 bits per heavy atom. The van der Waals surface area contributed by atoms with Crippen LogP contribution in [0.15, 0.2) is 12.3 Å². The van der Waals surface area contributed by atoms with Crippen LogP contribution in [0.4, 0.5) is 5.69 Å². The van der Waals surface area contributed by atoms with Gasteiger partial charge in [-0.05, 0) is 19.8 Å². The maximum absolute atomic E-state index is 12.1. The smallest absolute Gasteiger partial charge is 0.328 e. The van der Waals surface area contributed by atoms with Gasteiger partial charge in [-0.1, -0.05) is 0 Å². The second-order valence-corrected chi connectivity index (χ2v) is 5.01. The van der Waals surface area contributed by atoms with E-state index in [2.05, 4.69) is 5.32 Å². The fourth-order valence-electron chi connectivity index (χ4n) is 2.01. The lowest BCUT2D eigenvalue weighted by Crippen LogP contribution is -2.48. The fraction of sp³-hybridized carbons (Fsp3) is 0.500. The number of aromatic nitrogens is 1. The quantitative estimate of drug-likeness (QED) is 0.510. The number of nitrogens with one attached hydrogen (secondary N) is 1. The lowest BCUT2D eigenvalue weighted by Gasteiger charge is -2.17. The van der Waals surface area contributed by atoms with Gasteiger partial charge in [-0.2, -0.15) is 0 Å². The Labute approximate surface area is 119 Å². The normalized spacial score (nSPS) is 17.0. The summed E-state index contributed by atoms with van der Waals surface area (Å²) in [5, 5.41) is 31.3. The van der Waals surface area contributed by atoms with Gasteiger partial charge in [0.2, 0.25) is 0 Å². The van der Waals surface area contributed by atoms with E-state index < -0.39 is 28.9 Å². The molecule has 3 N–H and O–H groups in total. The molecule has 1 saturated carbocycles. The van der Waals surface area contributed by atoms with Crippen molar-refractivity contribution in [3.63, 3.8) is 0 Å². The summed E-state index contributed by atoms with van der Waals surface area (Å²) < 4.78 is 1.48. The van der Waals surface area contributed by atoms with E-state index in [4.69, 9.17) is 5.11 Å². The van der Waals surface area contributed by atoms with E-state index in [1.165, 1.54) is 17.7 Å². The Morgan fingerprint density at radius 1 is 1.52 bits per heavy atom. The molecule has 0 radical (unpaired) electrons. The summed E-state index contributed by atoms with van der Waals surface area (Å²) in [6.07, 6.45) is 1.60. The van der Waals surface area contributed by atoms with Crippen molar-refractivity contribution in [2.75, 3.05) is 0 Å². The van der Waals surface area contributed by atoms with Crippen LogP contribution in [0.5, 0.6) is 0 Å². The third-order valence-corrected chi connectivity index (χ3v) is 3.25. The lowest BCUT2D eigenvalue weighted by atomic mass is 10.2. The molecule has 0 saturated heterocycles. The maximum Gasteiger partial charge on any atom is 0.328 e. The van der Waals surface area contributed by atoms with Crippen molar-refractivity contribution in [2.45, 2.75) is 38.0 Å². The van der Waals surface area contributed by atoms with E-state index in [1.807, 2.05) is 0 Å². The first kappa shape index (κ1) is 15.0. The van der Waals surface area contributed by atoms with Crippen molar-refractivity contribution in [3.8, 4) is 0 Å². The standard InChI is InChI=1S/C12H15N3O6/c1-6(16)10(12(18)19)13-11(17)9-4-8(15(20)21)5-14(9)7-2-3-7/h4-7,10,16H,2-3H2,1H3,(H,13,17)(H,18,19). The number of amides is 1. The molecule has 1 amide bonds. The van der Waals surface area contributed by atoms with E-state index in [1.54, 1.807) is 0 Å². The van der Waals surface area contributed by atoms with Crippen LogP contribution in [-0.2, 0) is 4.79 Å². The molecule has 1 heterocycles. The van der Waals surface area contributed by atoms with Gasteiger partial charge in [0.1, 0.15) is 5.69 Å². The van der Waals surface area contributed by atoms with Crippen molar-refractivity contribution in [2.24, 2.45) is 0 Å². The predicted octanol–water partition coefficient (Wildman–Crippen LogP) is 0.295. The number of rotatable bonds is 6. The van der Waals surface area contributed by atoms with Gasteiger partial charge in [0.15, 0.2) is 6.04 Å². The van der Waals surface area contributed by atoms with Crippen LogP contribution < -0.4 is 5.32 Å². The van der Waals surface area contributed by atoms with Gasteiger partial charge in [0.25, 0.3) is 11.6 Å². The third kappa shape index (κ3) is 3.19. The Balaban J connectivity index is 2.25. The van der Waals surface area contributed by atoms with Gasteiger partial charge in [-0.3, -0.25) is 14.9 Å². The monoisotopic (exact) mass is 297 g/mol. The van der Waals surface area contributed by atoms with Crippen LogP contribution in [0.1, 0.15) is 36.3 Å². The number of nitro groups is 1. The lowest BCUT2D eigenvalue weighted by molar-refractivity contribution is -0.384. The topological polar surface area (TPSA) is 135 Å². The highest BCUT2D eigenvalue weighted by atomic mass is 16.6. The zero-order chi connectivity index (χ0) is 15.7. The molecule has 1 fully saturated rings. The fourth-order valence-corrected chi connectivity index (χ4v) is 2.01. The van der Waals surface area contributed by atoms with Crippen LogP contribution in [0.2, 0.25) is 0 Å². The number of carboxylic acids is 1. The Morgan fingerprint density at radius 2 is 2.14 bits per heavy atom. The number of nitrogens with zero attached hydrogens (tertiary/aromatic N) is 2. The summed E-state index contributed by atoms with van der Waals surface area (Å²) in [7, 11) is 0. The molecule has 2 unspecified atom stereocenters. The van der Waals surface area contributed by atoms with Crippen LogP contribution in [0.3, 0.4) is 0 Å². The molecule has 2 atom stereocenters. The zero-order valence-corrected chi connectivity index (χ0v) is 11.2. The summed E-state index contributed by atoms with van der Waals surface area (Å²) in [5.41, 5.74) is -0.202. The van der Waals surface area contributed by atoms with E-state index in [9.17, 15) is 24.8 Å². The van der Waals surface area contributed by atoms with Crippen molar-refractivity contribution in [1.82, 2.24) is 9.88 Å². The molecule has 0 bridgehead atoms. The number of hydrogen-bond donors (Lipinski definition) is 3. The SMILES string of the molecule is CC(O)C(NC(=O)c1cc([N+](=O)[O-])cn1C1CC1)C(=O)O. The number of hydrogen-bond acceptors (Lipinski definition) is 5. The van der Waals surface area contributed by atoms with Crippen molar-refractivity contribution < 1.29 is 24.7 Å². The van der Waals surface area contributed by atoms with Gasteiger partial charge in [-0.15, -0.1) is 0 Å². The molecule has 114 valence electrons. The molecule has 21 heavy (non-hydrogen) atoms. The largest absolute Gasteiger partial charge is 0.480 e. The highest BCUT2D eigenvalue weighted by Gasteiger charge is 2.32. The number of carbonyl (C=O) groups excluding carboxylic acids is 1. The number of aliphatic hydroxyl groups is 1. The molecule has 9 nitrogen and oxygen atoms in total. The Hall–Kier alpha value is -2.42. The molecule has 2 rings (SSSR count). The Bertz CT molecular complexity index is 590. The summed E-state index contributed by atoms with van der Waals surface area (Å²) in [5.74, 6) is -2.14. The molecule has 9 heteroatoms. The van der Waals surface area contributed by atoms with Crippen molar-refractivity contribution in [1.29, 1.82) is 0 Å². The van der Waals surface area contributed by atoms with Crippen molar-refractivity contribution in [3.05, 3.63) is 28.1 Å². The van der Waals surface area contributed by atoms with E-state index in [0.717, 1.165) is 18.9 Å². The average molecular weight is 297 g/mol. The molecule has 0 spiro atoms. The second kappa shape index (κ2) is 5.52. The first-order valence-corrected chi connectivity index (χ1v) is 6.39. The van der Waals surface area contributed by atoms with E-state index in [-0.39, 0.29) is 17.4 Å². The number of carboxylic acid groups (broad SMARTS) is 1. The van der Waals surface area contributed by atoms with Crippen LogP contribution >= 0.6 is 0 Å². The number of aliphatic carboxylic acids is 1. The molecule has 1 aromatic rings. The molecule has 1 aromatic heterocycles. The summed E-state index contributed by atoms with van der Waals surface area (Å²) >= 11 is 0. The summed E-state index contributed by atoms with van der Waals surface area (Å²) in [4.78, 5) is 33.3. The average Bonchev–Trinajstić information content (AvgIpc) is 3.13. The minimum atomic E-state index is -1.47. The minimum absolute atomic E-state index is 0.0225. The first-order chi connectivity index (χ1) is 9.81. The Kier molecular flexibility index (Phi) is 3.94. The highest BCUT2D eigenvalue weighted by Crippen LogP contribution is 2.37. The third-order valence-electron chi connectivity index (χ3n) is 3.25. The van der Waals surface area contributed by atoms with Crippen molar-refractivity contribution >= 4 is 17.6 Å². The van der Waals surface area contributed by atoms with Crippen LogP contribution in [0.25, 0.3) is 0 Å². The minimum Gasteiger partial charge on any atom is -0.480 e. The molecule has 0 aliphatic heterocycles. The van der Waals surface area contributed by atoms with Gasteiger partial charge in [-0.25, -0.2) is 4.79 Å². The van der Waals surface area contributed by atoms with Gasteiger partial charge < -0.3 is 20.1 Å². The molecule has 1 aliphatic carbocycles. The van der Waals surface area contributed by atoms with Crippen LogP contribution in [0, 0.1) is 10.1 Å². The number of aliphatic hydroxyl groups excluding tert-OH is 1. The van der Waals surface area contributed by atoms with Gasteiger partial charge in [0, 0.05) is 12.1 Å². The maximum atomic E-state index is 12.1. The molecular weight excluding hydrogens is 282 g/mol.